The number of amides is 1. The van der Waals surface area contributed by atoms with E-state index in [-0.39, 0.29) is 16.6 Å². The van der Waals surface area contributed by atoms with Gasteiger partial charge in [-0.2, -0.15) is 5.10 Å². The summed E-state index contributed by atoms with van der Waals surface area (Å²) in [7, 11) is 0. The van der Waals surface area contributed by atoms with Gasteiger partial charge in [0.15, 0.2) is 5.65 Å². The number of nitro benzene ring substituents is 1. The van der Waals surface area contributed by atoms with E-state index in [1.54, 1.807) is 6.92 Å². The molecule has 0 bridgehead atoms. The molecule has 0 fully saturated rings. The van der Waals surface area contributed by atoms with Crippen LogP contribution in [0.1, 0.15) is 15.9 Å². The Morgan fingerprint density at radius 3 is 2.66 bits per heavy atom. The minimum atomic E-state index is -0.674. The van der Waals surface area contributed by atoms with Crippen LogP contribution in [0.2, 0.25) is 0 Å². The molecule has 144 valence electrons. The van der Waals surface area contributed by atoms with Gasteiger partial charge in [0.25, 0.3) is 17.2 Å². The summed E-state index contributed by atoms with van der Waals surface area (Å²) in [6, 6.07) is 13.3. The Morgan fingerprint density at radius 1 is 1.17 bits per heavy atom. The molecule has 0 aliphatic carbocycles. The first kappa shape index (κ1) is 18.0. The molecule has 0 aliphatic rings. The van der Waals surface area contributed by atoms with Crippen molar-refractivity contribution in [2.45, 2.75) is 6.92 Å². The fraction of sp³-hybridized carbons (Fsp3) is 0.0526. The smallest absolute Gasteiger partial charge is 0.267 e. The zero-order chi connectivity index (χ0) is 20.5. The summed E-state index contributed by atoms with van der Waals surface area (Å²) in [5.41, 5.74) is 3.26. The van der Waals surface area contributed by atoms with Gasteiger partial charge in [-0.25, -0.2) is 14.3 Å². The van der Waals surface area contributed by atoms with E-state index in [0.29, 0.717) is 11.2 Å². The van der Waals surface area contributed by atoms with Crippen molar-refractivity contribution in [3.63, 3.8) is 0 Å². The van der Waals surface area contributed by atoms with E-state index in [9.17, 15) is 19.7 Å². The van der Waals surface area contributed by atoms with E-state index in [0.717, 1.165) is 16.4 Å². The second-order valence-electron chi connectivity index (χ2n) is 6.25. The lowest BCUT2D eigenvalue weighted by molar-refractivity contribution is -0.385. The van der Waals surface area contributed by atoms with E-state index in [2.05, 4.69) is 15.5 Å². The molecule has 0 aliphatic heterocycles. The van der Waals surface area contributed by atoms with Crippen molar-refractivity contribution >= 4 is 22.6 Å². The van der Waals surface area contributed by atoms with Crippen molar-refractivity contribution in [3.8, 4) is 5.69 Å². The molecule has 0 saturated carbocycles. The molecule has 0 radical (unpaired) electrons. The quantitative estimate of drug-likeness (QED) is 0.421. The van der Waals surface area contributed by atoms with E-state index >= 15 is 0 Å². The number of para-hydroxylation sites is 1. The van der Waals surface area contributed by atoms with Crippen LogP contribution in [0.15, 0.2) is 65.8 Å². The molecule has 10 heteroatoms. The third-order valence-corrected chi connectivity index (χ3v) is 4.38. The number of fused-ring (bicyclic) bond motifs is 1. The number of hydrogen-bond donors (Lipinski definition) is 1. The monoisotopic (exact) mass is 390 g/mol. The largest absolute Gasteiger partial charge is 0.283 e. The predicted octanol–water partition coefficient (Wildman–Crippen LogP) is 2.18. The van der Waals surface area contributed by atoms with Crippen molar-refractivity contribution in [3.05, 3.63) is 92.7 Å². The standard InChI is InChI=1S/C19H14N6O4/c1-12-7-8-13(9-16(12)25(28)29)18(26)22-23-11-20-17-15(19(23)27)10-21-24(17)14-5-3-2-4-6-14/h2-11H,1H3,(H,22,26). The molecule has 0 unspecified atom stereocenters. The molecular weight excluding hydrogens is 376 g/mol. The summed E-state index contributed by atoms with van der Waals surface area (Å²) in [6.07, 6.45) is 2.54. The first-order valence-electron chi connectivity index (χ1n) is 8.53. The number of benzene rings is 2. The third-order valence-electron chi connectivity index (χ3n) is 4.38. The second-order valence-corrected chi connectivity index (χ2v) is 6.25. The van der Waals surface area contributed by atoms with Crippen molar-refractivity contribution in [1.82, 2.24) is 19.4 Å². The van der Waals surface area contributed by atoms with Gasteiger partial charge in [0.05, 0.1) is 16.8 Å². The number of rotatable bonds is 4. The number of nitro groups is 1. The second kappa shape index (κ2) is 7.00. The topological polar surface area (TPSA) is 125 Å². The van der Waals surface area contributed by atoms with E-state index in [1.807, 2.05) is 30.3 Å². The Kier molecular flexibility index (Phi) is 4.36. The number of aryl methyl sites for hydroxylation is 1. The molecule has 4 rings (SSSR count). The number of nitrogens with one attached hydrogen (secondary N) is 1. The van der Waals surface area contributed by atoms with Crippen molar-refractivity contribution in [2.24, 2.45) is 0 Å². The lowest BCUT2D eigenvalue weighted by Gasteiger charge is -2.08. The Balaban J connectivity index is 1.68. The SMILES string of the molecule is Cc1ccc(C(=O)Nn2cnc3c(cnn3-c3ccccc3)c2=O)cc1[N+](=O)[O-]. The average Bonchev–Trinajstić information content (AvgIpc) is 3.15. The van der Waals surface area contributed by atoms with Crippen LogP contribution in [0.3, 0.4) is 0 Å². The summed E-state index contributed by atoms with van der Waals surface area (Å²) < 4.78 is 2.44. The lowest BCUT2D eigenvalue weighted by Crippen LogP contribution is -2.33. The van der Waals surface area contributed by atoms with Crippen LogP contribution in [0.25, 0.3) is 16.7 Å². The fourth-order valence-corrected chi connectivity index (χ4v) is 2.87. The van der Waals surface area contributed by atoms with Crippen LogP contribution >= 0.6 is 0 Å². The molecule has 1 amide bonds. The van der Waals surface area contributed by atoms with E-state index < -0.39 is 16.4 Å². The summed E-state index contributed by atoms with van der Waals surface area (Å²) in [4.78, 5) is 39.9. The number of carbonyl (C=O) groups excluding carboxylic acids is 1. The third kappa shape index (κ3) is 3.23. The van der Waals surface area contributed by atoms with Crippen LogP contribution in [0.5, 0.6) is 0 Å². The normalized spacial score (nSPS) is 10.8. The zero-order valence-corrected chi connectivity index (χ0v) is 15.1. The Labute approximate surface area is 163 Å². The van der Waals surface area contributed by atoms with Gasteiger partial charge >= 0.3 is 0 Å². The van der Waals surface area contributed by atoms with Crippen molar-refractivity contribution in [1.29, 1.82) is 0 Å². The highest BCUT2D eigenvalue weighted by molar-refractivity contribution is 6.00. The van der Waals surface area contributed by atoms with Gasteiger partial charge in [0, 0.05) is 17.2 Å². The minimum absolute atomic E-state index is 0.0503. The van der Waals surface area contributed by atoms with Crippen LogP contribution < -0.4 is 11.0 Å². The van der Waals surface area contributed by atoms with Gasteiger partial charge in [-0.05, 0) is 25.1 Å². The van der Waals surface area contributed by atoms with Gasteiger partial charge in [-0.3, -0.25) is 25.1 Å². The average molecular weight is 390 g/mol. The number of aromatic nitrogens is 4. The van der Waals surface area contributed by atoms with Crippen molar-refractivity contribution in [2.75, 3.05) is 5.43 Å². The van der Waals surface area contributed by atoms with Gasteiger partial charge in [-0.1, -0.05) is 24.3 Å². The highest BCUT2D eigenvalue weighted by atomic mass is 16.6. The van der Waals surface area contributed by atoms with Gasteiger partial charge in [-0.15, -0.1) is 0 Å². The highest BCUT2D eigenvalue weighted by Gasteiger charge is 2.17. The van der Waals surface area contributed by atoms with Crippen LogP contribution in [-0.4, -0.2) is 30.3 Å². The molecule has 29 heavy (non-hydrogen) atoms. The predicted molar refractivity (Wildman–Crippen MR) is 105 cm³/mol. The molecule has 0 atom stereocenters. The summed E-state index contributed by atoms with van der Waals surface area (Å²) in [5, 5.41) is 15.5. The molecule has 0 spiro atoms. The van der Waals surface area contributed by atoms with Crippen LogP contribution in [0.4, 0.5) is 5.69 Å². The summed E-state index contributed by atoms with van der Waals surface area (Å²) >= 11 is 0. The molecule has 2 heterocycles. The first-order valence-corrected chi connectivity index (χ1v) is 8.53. The maximum Gasteiger partial charge on any atom is 0.283 e. The molecular formula is C19H14N6O4. The molecule has 4 aromatic rings. The number of carbonyl (C=O) groups is 1. The maximum atomic E-state index is 12.7. The van der Waals surface area contributed by atoms with Crippen molar-refractivity contribution < 1.29 is 9.72 Å². The van der Waals surface area contributed by atoms with Gasteiger partial charge < -0.3 is 0 Å². The number of hydrogen-bond acceptors (Lipinski definition) is 6. The van der Waals surface area contributed by atoms with E-state index in [1.165, 1.54) is 29.3 Å². The number of nitrogens with zero attached hydrogens (tertiary/aromatic N) is 5. The van der Waals surface area contributed by atoms with Gasteiger partial charge in [0.2, 0.25) is 0 Å². The molecule has 1 N–H and O–H groups in total. The van der Waals surface area contributed by atoms with Crippen LogP contribution in [0, 0.1) is 17.0 Å². The molecule has 2 aromatic heterocycles. The molecule has 0 saturated heterocycles. The Hall–Kier alpha value is -4.34. The maximum absolute atomic E-state index is 12.7. The summed E-state index contributed by atoms with van der Waals surface area (Å²) in [5.74, 6) is -0.674. The Bertz CT molecular complexity index is 1310. The van der Waals surface area contributed by atoms with Crippen LogP contribution in [-0.2, 0) is 0 Å². The van der Waals surface area contributed by atoms with E-state index in [4.69, 9.17) is 0 Å². The van der Waals surface area contributed by atoms with Gasteiger partial charge in [0.1, 0.15) is 11.7 Å². The highest BCUT2D eigenvalue weighted by Crippen LogP contribution is 2.19. The fourth-order valence-electron chi connectivity index (χ4n) is 2.87. The summed E-state index contributed by atoms with van der Waals surface area (Å²) in [6.45, 7) is 1.58. The Morgan fingerprint density at radius 2 is 1.93 bits per heavy atom. The molecule has 2 aromatic carbocycles. The zero-order valence-electron chi connectivity index (χ0n) is 15.1. The first-order chi connectivity index (χ1) is 14.0. The molecule has 10 nitrogen and oxygen atoms in total. The minimum Gasteiger partial charge on any atom is -0.267 e. The lowest BCUT2D eigenvalue weighted by atomic mass is 10.1.